The predicted molar refractivity (Wildman–Crippen MR) is 68.3 cm³/mol. The van der Waals surface area contributed by atoms with E-state index in [0.29, 0.717) is 32.5 Å². The SMILES string of the molecule is COCCOCCOCCNC1CC=CCC1. The van der Waals surface area contributed by atoms with Gasteiger partial charge < -0.3 is 19.5 Å². The van der Waals surface area contributed by atoms with Gasteiger partial charge in [0.1, 0.15) is 0 Å². The van der Waals surface area contributed by atoms with Crippen LogP contribution in [-0.4, -0.2) is 52.7 Å². The van der Waals surface area contributed by atoms with Crippen LogP contribution in [0.4, 0.5) is 0 Å². The average molecular weight is 243 g/mol. The van der Waals surface area contributed by atoms with Crippen LogP contribution < -0.4 is 5.32 Å². The molecular weight excluding hydrogens is 218 g/mol. The Bertz CT molecular complexity index is 197. The van der Waals surface area contributed by atoms with Crippen molar-refractivity contribution in [3.63, 3.8) is 0 Å². The van der Waals surface area contributed by atoms with Crippen molar-refractivity contribution in [3.8, 4) is 0 Å². The summed E-state index contributed by atoms with van der Waals surface area (Å²) in [6.45, 7) is 4.29. The van der Waals surface area contributed by atoms with Gasteiger partial charge in [-0.05, 0) is 19.3 Å². The lowest BCUT2D eigenvalue weighted by Crippen LogP contribution is -2.32. The predicted octanol–water partition coefficient (Wildman–Crippen LogP) is 1.36. The lowest BCUT2D eigenvalue weighted by molar-refractivity contribution is 0.0252. The molecule has 0 aromatic carbocycles. The molecule has 1 aliphatic rings. The molecular formula is C13H25NO3. The first kappa shape index (κ1) is 14.6. The van der Waals surface area contributed by atoms with Crippen molar-refractivity contribution in [3.05, 3.63) is 12.2 Å². The fraction of sp³-hybridized carbons (Fsp3) is 0.846. The molecule has 0 amide bonds. The molecule has 1 rings (SSSR count). The zero-order chi connectivity index (χ0) is 12.2. The van der Waals surface area contributed by atoms with Crippen molar-refractivity contribution in [1.29, 1.82) is 0 Å². The normalized spacial score (nSPS) is 19.7. The molecule has 0 radical (unpaired) electrons. The van der Waals surface area contributed by atoms with Crippen LogP contribution in [0.15, 0.2) is 12.2 Å². The van der Waals surface area contributed by atoms with Crippen LogP contribution in [0.1, 0.15) is 19.3 Å². The van der Waals surface area contributed by atoms with Gasteiger partial charge in [-0.15, -0.1) is 0 Å². The highest BCUT2D eigenvalue weighted by molar-refractivity contribution is 4.92. The van der Waals surface area contributed by atoms with E-state index in [4.69, 9.17) is 14.2 Å². The molecule has 0 fully saturated rings. The molecule has 0 aromatic rings. The van der Waals surface area contributed by atoms with E-state index in [1.165, 1.54) is 12.8 Å². The van der Waals surface area contributed by atoms with Crippen LogP contribution in [0.25, 0.3) is 0 Å². The Kier molecular flexibility index (Phi) is 9.23. The molecule has 0 aliphatic heterocycles. The molecule has 0 spiro atoms. The van der Waals surface area contributed by atoms with Crippen LogP contribution in [0, 0.1) is 0 Å². The second-order valence-corrected chi connectivity index (χ2v) is 4.15. The Morgan fingerprint density at radius 1 is 1.06 bits per heavy atom. The molecule has 0 saturated carbocycles. The maximum absolute atomic E-state index is 5.46. The van der Waals surface area contributed by atoms with Crippen molar-refractivity contribution in [2.24, 2.45) is 0 Å². The maximum atomic E-state index is 5.46. The highest BCUT2D eigenvalue weighted by atomic mass is 16.5. The van der Waals surface area contributed by atoms with Crippen LogP contribution in [0.5, 0.6) is 0 Å². The quantitative estimate of drug-likeness (QED) is 0.464. The molecule has 0 bridgehead atoms. The average Bonchev–Trinajstić information content (AvgIpc) is 2.38. The topological polar surface area (TPSA) is 39.7 Å². The Morgan fingerprint density at radius 2 is 1.82 bits per heavy atom. The number of ether oxygens (including phenoxy) is 3. The van der Waals surface area contributed by atoms with Crippen molar-refractivity contribution in [1.82, 2.24) is 5.32 Å². The second kappa shape index (κ2) is 10.7. The third kappa shape index (κ3) is 8.32. The van der Waals surface area contributed by atoms with Gasteiger partial charge in [-0.25, -0.2) is 0 Å². The zero-order valence-corrected chi connectivity index (χ0v) is 10.8. The molecule has 1 atom stereocenters. The zero-order valence-electron chi connectivity index (χ0n) is 10.8. The molecule has 0 saturated heterocycles. The highest BCUT2D eigenvalue weighted by Crippen LogP contribution is 2.09. The van der Waals surface area contributed by atoms with Gasteiger partial charge in [0.25, 0.3) is 0 Å². The number of hydrogen-bond donors (Lipinski definition) is 1. The number of nitrogens with one attached hydrogen (secondary N) is 1. The molecule has 1 unspecified atom stereocenters. The van der Waals surface area contributed by atoms with Crippen molar-refractivity contribution < 1.29 is 14.2 Å². The smallest absolute Gasteiger partial charge is 0.0701 e. The van der Waals surface area contributed by atoms with Gasteiger partial charge in [0.05, 0.1) is 33.0 Å². The molecule has 4 heteroatoms. The molecule has 1 aliphatic carbocycles. The summed E-state index contributed by atoms with van der Waals surface area (Å²) < 4.78 is 15.6. The molecule has 100 valence electrons. The Morgan fingerprint density at radius 3 is 2.53 bits per heavy atom. The van der Waals surface area contributed by atoms with E-state index in [1.807, 2.05) is 0 Å². The standard InChI is InChI=1S/C13H25NO3/c1-15-9-10-17-12-11-16-8-7-14-13-5-3-2-4-6-13/h2-3,13-14H,4-12H2,1H3. The van der Waals surface area contributed by atoms with E-state index in [-0.39, 0.29) is 0 Å². The molecule has 0 heterocycles. The molecule has 1 N–H and O–H groups in total. The largest absolute Gasteiger partial charge is 0.382 e. The first-order chi connectivity index (χ1) is 8.43. The lowest BCUT2D eigenvalue weighted by Gasteiger charge is -2.19. The van der Waals surface area contributed by atoms with Crippen molar-refractivity contribution in [2.75, 3.05) is 46.7 Å². The minimum atomic E-state index is 0.640. The van der Waals surface area contributed by atoms with Crippen LogP contribution >= 0.6 is 0 Å². The van der Waals surface area contributed by atoms with Gasteiger partial charge >= 0.3 is 0 Å². The van der Waals surface area contributed by atoms with Crippen molar-refractivity contribution in [2.45, 2.75) is 25.3 Å². The summed E-state index contributed by atoms with van der Waals surface area (Å²) in [5.41, 5.74) is 0. The number of allylic oxidation sites excluding steroid dienone is 1. The maximum Gasteiger partial charge on any atom is 0.0701 e. The Labute approximate surface area is 104 Å². The number of methoxy groups -OCH3 is 1. The third-order valence-electron chi connectivity index (χ3n) is 2.75. The van der Waals surface area contributed by atoms with Crippen molar-refractivity contribution >= 4 is 0 Å². The van der Waals surface area contributed by atoms with Crippen LogP contribution in [0.3, 0.4) is 0 Å². The summed E-state index contributed by atoms with van der Waals surface area (Å²) in [7, 11) is 1.67. The first-order valence-electron chi connectivity index (χ1n) is 6.46. The number of rotatable bonds is 10. The Hall–Kier alpha value is -0.420. The van der Waals surface area contributed by atoms with E-state index in [0.717, 1.165) is 19.6 Å². The minimum absolute atomic E-state index is 0.640. The van der Waals surface area contributed by atoms with Gasteiger partial charge in [0, 0.05) is 19.7 Å². The first-order valence-corrected chi connectivity index (χ1v) is 6.46. The molecule has 17 heavy (non-hydrogen) atoms. The third-order valence-corrected chi connectivity index (χ3v) is 2.75. The summed E-state index contributed by atoms with van der Waals surface area (Å²) in [6, 6.07) is 0.640. The summed E-state index contributed by atoms with van der Waals surface area (Å²) in [5, 5.41) is 3.50. The van der Waals surface area contributed by atoms with Gasteiger partial charge in [0.15, 0.2) is 0 Å². The van der Waals surface area contributed by atoms with Gasteiger partial charge in [0.2, 0.25) is 0 Å². The van der Waals surface area contributed by atoms with Gasteiger partial charge in [-0.3, -0.25) is 0 Å². The second-order valence-electron chi connectivity index (χ2n) is 4.15. The van der Waals surface area contributed by atoms with E-state index < -0.39 is 0 Å². The fourth-order valence-electron chi connectivity index (χ4n) is 1.78. The summed E-state index contributed by atoms with van der Waals surface area (Å²) in [5.74, 6) is 0. The fourth-order valence-corrected chi connectivity index (χ4v) is 1.78. The summed E-state index contributed by atoms with van der Waals surface area (Å²) in [4.78, 5) is 0. The van der Waals surface area contributed by atoms with E-state index in [2.05, 4.69) is 17.5 Å². The van der Waals surface area contributed by atoms with Gasteiger partial charge in [-0.1, -0.05) is 12.2 Å². The van der Waals surface area contributed by atoms with E-state index in [9.17, 15) is 0 Å². The van der Waals surface area contributed by atoms with E-state index >= 15 is 0 Å². The molecule has 4 nitrogen and oxygen atoms in total. The van der Waals surface area contributed by atoms with E-state index in [1.54, 1.807) is 7.11 Å². The van der Waals surface area contributed by atoms with Gasteiger partial charge in [-0.2, -0.15) is 0 Å². The minimum Gasteiger partial charge on any atom is -0.382 e. The van der Waals surface area contributed by atoms with Crippen LogP contribution in [0.2, 0.25) is 0 Å². The highest BCUT2D eigenvalue weighted by Gasteiger charge is 2.07. The summed E-state index contributed by atoms with van der Waals surface area (Å²) >= 11 is 0. The summed E-state index contributed by atoms with van der Waals surface area (Å²) in [6.07, 6.45) is 8.11. The monoisotopic (exact) mass is 243 g/mol. The number of hydrogen-bond acceptors (Lipinski definition) is 4. The molecule has 0 aromatic heterocycles. The Balaban J connectivity index is 1.76. The van der Waals surface area contributed by atoms with Crippen LogP contribution in [-0.2, 0) is 14.2 Å². The lowest BCUT2D eigenvalue weighted by atomic mass is 10.0.